The van der Waals surface area contributed by atoms with Gasteiger partial charge in [-0.3, -0.25) is 0 Å². The van der Waals surface area contributed by atoms with E-state index in [2.05, 4.69) is 26.2 Å². The van der Waals surface area contributed by atoms with E-state index >= 15 is 0 Å². The van der Waals surface area contributed by atoms with Crippen LogP contribution in [0.2, 0.25) is 5.02 Å². The third-order valence-electron chi connectivity index (χ3n) is 5.74. The standard InChI is InChI=1S/C27H30BrClN4O4S/c1-5-12-36-25(34)22-16(4)30-26-31-27(38-7-3)32-33(26)23(22)18-13-19(28)24(21(14-18)35-6-2)37-15-17-10-8-9-11-20(17)29/h8-11,13-14,23H,5-7,12,15H2,1-4H3,(H,30,31,32). The van der Waals surface area contributed by atoms with Crippen molar-refractivity contribution in [3.05, 3.63) is 68.3 Å². The third kappa shape index (κ3) is 6.13. The monoisotopic (exact) mass is 620 g/mol. The van der Waals surface area contributed by atoms with E-state index in [9.17, 15) is 4.79 Å². The Morgan fingerprint density at radius 1 is 1.21 bits per heavy atom. The van der Waals surface area contributed by atoms with Gasteiger partial charge in [0.2, 0.25) is 11.1 Å². The van der Waals surface area contributed by atoms with E-state index in [0.717, 1.165) is 23.3 Å². The number of rotatable bonds is 11. The maximum Gasteiger partial charge on any atom is 0.338 e. The minimum absolute atomic E-state index is 0.267. The van der Waals surface area contributed by atoms with Gasteiger partial charge in [0.25, 0.3) is 0 Å². The topological polar surface area (TPSA) is 87.5 Å². The maximum absolute atomic E-state index is 13.3. The molecule has 1 N–H and O–H groups in total. The predicted octanol–water partition coefficient (Wildman–Crippen LogP) is 7.03. The van der Waals surface area contributed by atoms with Crippen LogP contribution in [0, 0.1) is 0 Å². The van der Waals surface area contributed by atoms with Crippen molar-refractivity contribution >= 4 is 51.2 Å². The summed E-state index contributed by atoms with van der Waals surface area (Å²) in [7, 11) is 0. The van der Waals surface area contributed by atoms with Crippen molar-refractivity contribution in [2.75, 3.05) is 24.3 Å². The normalized spacial score (nSPS) is 14.6. The Morgan fingerprint density at radius 3 is 2.71 bits per heavy atom. The van der Waals surface area contributed by atoms with Gasteiger partial charge in [0.1, 0.15) is 12.6 Å². The van der Waals surface area contributed by atoms with Gasteiger partial charge in [0.05, 0.1) is 23.3 Å². The van der Waals surface area contributed by atoms with Crippen LogP contribution in [-0.4, -0.2) is 39.7 Å². The lowest BCUT2D eigenvalue weighted by molar-refractivity contribution is -0.139. The molecule has 0 aliphatic carbocycles. The first-order valence-electron chi connectivity index (χ1n) is 12.4. The summed E-state index contributed by atoms with van der Waals surface area (Å²) in [5.74, 6) is 2.06. The average molecular weight is 622 g/mol. The second-order valence-electron chi connectivity index (χ2n) is 8.44. The van der Waals surface area contributed by atoms with Crippen LogP contribution in [0.3, 0.4) is 0 Å². The number of carbonyl (C=O) groups is 1. The van der Waals surface area contributed by atoms with Gasteiger partial charge in [0.15, 0.2) is 11.5 Å². The molecule has 0 amide bonds. The Balaban J connectivity index is 1.78. The summed E-state index contributed by atoms with van der Waals surface area (Å²) in [5.41, 5.74) is 2.76. The zero-order valence-corrected chi connectivity index (χ0v) is 24.9. The Labute approximate surface area is 240 Å². The SMILES string of the molecule is CCCOC(=O)C1=C(C)Nc2nc(SCC)nn2C1c1cc(Br)c(OCc2ccccc2Cl)c(OCC)c1. The van der Waals surface area contributed by atoms with Crippen molar-refractivity contribution < 1.29 is 19.0 Å². The fourth-order valence-electron chi connectivity index (χ4n) is 4.08. The number of fused-ring (bicyclic) bond motifs is 1. The summed E-state index contributed by atoms with van der Waals surface area (Å²) < 4.78 is 20.1. The highest BCUT2D eigenvalue weighted by molar-refractivity contribution is 9.10. The van der Waals surface area contributed by atoms with Gasteiger partial charge in [-0.15, -0.1) is 5.10 Å². The number of anilines is 1. The molecule has 1 atom stereocenters. The predicted molar refractivity (Wildman–Crippen MR) is 153 cm³/mol. The Morgan fingerprint density at radius 2 is 2.00 bits per heavy atom. The molecule has 8 nitrogen and oxygen atoms in total. The molecule has 11 heteroatoms. The highest BCUT2D eigenvalue weighted by Crippen LogP contribution is 2.43. The molecule has 1 aliphatic rings. The highest BCUT2D eigenvalue weighted by atomic mass is 79.9. The number of esters is 1. The number of benzene rings is 2. The van der Waals surface area contributed by atoms with Crippen LogP contribution in [0.4, 0.5) is 5.95 Å². The first-order valence-corrected chi connectivity index (χ1v) is 14.6. The minimum atomic E-state index is -0.581. The molecular formula is C27H30BrClN4O4S. The molecule has 2 aromatic carbocycles. The van der Waals surface area contributed by atoms with Crippen molar-refractivity contribution in [3.63, 3.8) is 0 Å². The van der Waals surface area contributed by atoms with Crippen molar-refractivity contribution in [1.82, 2.24) is 14.8 Å². The van der Waals surface area contributed by atoms with Crippen molar-refractivity contribution in [2.24, 2.45) is 0 Å². The third-order valence-corrected chi connectivity index (χ3v) is 7.42. The number of ether oxygens (including phenoxy) is 3. The number of hydrogen-bond donors (Lipinski definition) is 1. The van der Waals surface area contributed by atoms with Crippen LogP contribution in [0.1, 0.15) is 51.3 Å². The van der Waals surface area contributed by atoms with Crippen molar-refractivity contribution in [2.45, 2.75) is 51.9 Å². The van der Waals surface area contributed by atoms with E-state index in [4.69, 9.17) is 30.9 Å². The first-order chi connectivity index (χ1) is 18.4. The second kappa shape index (κ2) is 12.9. The number of nitrogens with zero attached hydrogens (tertiary/aromatic N) is 3. The molecule has 202 valence electrons. The number of allylic oxidation sites excluding steroid dienone is 1. The van der Waals surface area contributed by atoms with Gasteiger partial charge in [-0.05, 0) is 65.7 Å². The molecule has 0 bridgehead atoms. The molecule has 0 saturated carbocycles. The summed E-state index contributed by atoms with van der Waals surface area (Å²) in [6, 6.07) is 10.7. The molecule has 0 spiro atoms. The smallest absolute Gasteiger partial charge is 0.338 e. The van der Waals surface area contributed by atoms with Crippen LogP contribution in [-0.2, 0) is 16.1 Å². The van der Waals surface area contributed by atoms with Crippen molar-refractivity contribution in [1.29, 1.82) is 0 Å². The van der Waals surface area contributed by atoms with Crippen LogP contribution in [0.25, 0.3) is 0 Å². The van der Waals surface area contributed by atoms with E-state index in [-0.39, 0.29) is 6.61 Å². The number of carbonyl (C=O) groups excluding carboxylic acids is 1. The van der Waals surface area contributed by atoms with Gasteiger partial charge >= 0.3 is 5.97 Å². The Bertz CT molecular complexity index is 1350. The molecule has 38 heavy (non-hydrogen) atoms. The quantitative estimate of drug-likeness (QED) is 0.180. The largest absolute Gasteiger partial charge is 0.490 e. The Hall–Kier alpha value is -2.69. The lowest BCUT2D eigenvalue weighted by atomic mass is 9.95. The lowest BCUT2D eigenvalue weighted by Gasteiger charge is -2.29. The lowest BCUT2D eigenvalue weighted by Crippen LogP contribution is -2.30. The fraction of sp³-hybridized carbons (Fsp3) is 0.370. The summed E-state index contributed by atoms with van der Waals surface area (Å²) in [5, 5.41) is 9.20. The van der Waals surface area contributed by atoms with Crippen LogP contribution in [0.5, 0.6) is 11.5 Å². The van der Waals surface area contributed by atoms with E-state index in [0.29, 0.717) is 56.6 Å². The molecule has 0 saturated heterocycles. The summed E-state index contributed by atoms with van der Waals surface area (Å²) in [6.45, 7) is 8.78. The molecule has 1 unspecified atom stereocenters. The molecule has 0 fully saturated rings. The van der Waals surface area contributed by atoms with E-state index in [1.54, 1.807) is 4.68 Å². The first kappa shape index (κ1) is 28.3. The molecule has 0 radical (unpaired) electrons. The molecule has 2 heterocycles. The molecule has 3 aromatic rings. The van der Waals surface area contributed by atoms with Crippen LogP contribution in [0.15, 0.2) is 57.3 Å². The minimum Gasteiger partial charge on any atom is -0.490 e. The van der Waals surface area contributed by atoms with Crippen LogP contribution >= 0.6 is 39.3 Å². The molecule has 4 rings (SSSR count). The van der Waals surface area contributed by atoms with Gasteiger partial charge < -0.3 is 19.5 Å². The zero-order chi connectivity index (χ0) is 27.2. The molecule has 1 aromatic heterocycles. The van der Waals surface area contributed by atoms with E-state index in [1.807, 2.05) is 64.1 Å². The Kier molecular flexibility index (Phi) is 9.62. The number of hydrogen-bond acceptors (Lipinski definition) is 8. The van der Waals surface area contributed by atoms with Gasteiger partial charge in [-0.2, -0.15) is 4.98 Å². The summed E-state index contributed by atoms with van der Waals surface area (Å²) in [6.07, 6.45) is 0.722. The summed E-state index contributed by atoms with van der Waals surface area (Å²) in [4.78, 5) is 17.9. The second-order valence-corrected chi connectivity index (χ2v) is 10.9. The summed E-state index contributed by atoms with van der Waals surface area (Å²) >= 11 is 11.5. The van der Waals surface area contributed by atoms with E-state index in [1.165, 1.54) is 11.8 Å². The number of thioether (sulfide) groups is 1. The molecule has 1 aliphatic heterocycles. The number of aromatic nitrogens is 3. The zero-order valence-electron chi connectivity index (χ0n) is 21.7. The number of nitrogens with one attached hydrogen (secondary N) is 1. The van der Waals surface area contributed by atoms with Crippen molar-refractivity contribution in [3.8, 4) is 11.5 Å². The molecular weight excluding hydrogens is 592 g/mol. The van der Waals surface area contributed by atoms with Gasteiger partial charge in [-0.1, -0.05) is 55.4 Å². The van der Waals surface area contributed by atoms with Gasteiger partial charge in [0, 0.05) is 16.3 Å². The number of halogens is 2. The maximum atomic E-state index is 13.3. The average Bonchev–Trinajstić information content (AvgIpc) is 3.29. The van der Waals surface area contributed by atoms with E-state index < -0.39 is 12.0 Å². The highest BCUT2D eigenvalue weighted by Gasteiger charge is 2.36. The fourth-order valence-corrected chi connectivity index (χ4v) is 5.40. The van der Waals surface area contributed by atoms with Crippen LogP contribution < -0.4 is 14.8 Å². The van der Waals surface area contributed by atoms with Gasteiger partial charge in [-0.25, -0.2) is 9.48 Å².